The number of hydrogen-bond acceptors (Lipinski definition) is 4. The van der Waals surface area contributed by atoms with Crippen LogP contribution in [0.25, 0.3) is 0 Å². The number of carbonyl (C=O) groups excluding carboxylic acids is 3. The van der Waals surface area contributed by atoms with E-state index in [4.69, 9.17) is 5.11 Å². The van der Waals surface area contributed by atoms with E-state index < -0.39 is 11.9 Å². The smallest absolute Gasteiger partial charge is 0.303 e. The first-order valence-corrected chi connectivity index (χ1v) is 6.54. The number of aliphatic carboxylic acids is 1. The molecule has 0 aliphatic carbocycles. The lowest BCUT2D eigenvalue weighted by Gasteiger charge is -2.21. The van der Waals surface area contributed by atoms with E-state index in [0.717, 1.165) is 6.42 Å². The number of rotatable bonds is 7. The number of carbonyl (C=O) groups is 4. The van der Waals surface area contributed by atoms with E-state index in [-0.39, 0.29) is 43.7 Å². The van der Waals surface area contributed by atoms with E-state index in [2.05, 4.69) is 16.0 Å². The molecule has 4 N–H and O–H groups in total. The van der Waals surface area contributed by atoms with Crippen LogP contribution in [0.1, 0.15) is 25.7 Å². The molecule has 0 unspecified atom stereocenters. The molecular weight excluding hydrogens is 266 g/mol. The third kappa shape index (κ3) is 5.68. The Morgan fingerprint density at radius 3 is 2.55 bits per heavy atom. The van der Waals surface area contributed by atoms with Gasteiger partial charge in [0.25, 0.3) is 0 Å². The Bertz CT molecular complexity index is 397. The fourth-order valence-electron chi connectivity index (χ4n) is 1.84. The molecule has 1 saturated heterocycles. The van der Waals surface area contributed by atoms with Crippen molar-refractivity contribution in [1.82, 2.24) is 16.0 Å². The van der Waals surface area contributed by atoms with Crippen molar-refractivity contribution in [3.63, 3.8) is 0 Å². The van der Waals surface area contributed by atoms with Crippen LogP contribution in [0.3, 0.4) is 0 Å². The molecule has 1 aliphatic rings. The van der Waals surface area contributed by atoms with Crippen LogP contribution in [0.2, 0.25) is 0 Å². The van der Waals surface area contributed by atoms with E-state index in [1.165, 1.54) is 0 Å². The molecule has 0 bridgehead atoms. The zero-order valence-electron chi connectivity index (χ0n) is 11.1. The molecule has 3 amide bonds. The number of amides is 3. The predicted octanol–water partition coefficient (Wildman–Crippen LogP) is -1.39. The third-order valence-electron chi connectivity index (χ3n) is 2.91. The van der Waals surface area contributed by atoms with Gasteiger partial charge in [-0.1, -0.05) is 0 Å². The van der Waals surface area contributed by atoms with Gasteiger partial charge in [-0.15, -0.1) is 0 Å². The number of carboxylic acids is 1. The number of hydrogen-bond donors (Lipinski definition) is 4. The maximum absolute atomic E-state index is 11.7. The van der Waals surface area contributed by atoms with Crippen molar-refractivity contribution in [2.75, 3.05) is 19.6 Å². The Hall–Kier alpha value is -2.12. The zero-order valence-corrected chi connectivity index (χ0v) is 11.1. The maximum Gasteiger partial charge on any atom is 0.303 e. The number of piperidine rings is 1. The van der Waals surface area contributed by atoms with Crippen molar-refractivity contribution in [1.29, 1.82) is 0 Å². The zero-order chi connectivity index (χ0) is 15.0. The summed E-state index contributed by atoms with van der Waals surface area (Å²) in [6.07, 6.45) is 0.993. The summed E-state index contributed by atoms with van der Waals surface area (Å²) < 4.78 is 0. The molecule has 0 saturated carbocycles. The van der Waals surface area contributed by atoms with Gasteiger partial charge in [-0.2, -0.15) is 0 Å². The Morgan fingerprint density at radius 2 is 1.90 bits per heavy atom. The highest BCUT2D eigenvalue weighted by Crippen LogP contribution is 2.10. The van der Waals surface area contributed by atoms with Crippen LogP contribution < -0.4 is 16.0 Å². The molecule has 0 aromatic carbocycles. The van der Waals surface area contributed by atoms with E-state index in [0.29, 0.717) is 13.0 Å². The van der Waals surface area contributed by atoms with Crippen LogP contribution in [0.15, 0.2) is 0 Å². The monoisotopic (exact) mass is 285 g/mol. The normalized spacial score (nSPS) is 18.0. The van der Waals surface area contributed by atoms with Crippen LogP contribution in [0.5, 0.6) is 0 Å². The summed E-state index contributed by atoms with van der Waals surface area (Å²) in [5, 5.41) is 16.1. The fourth-order valence-corrected chi connectivity index (χ4v) is 1.84. The van der Waals surface area contributed by atoms with Gasteiger partial charge in [0, 0.05) is 26.1 Å². The van der Waals surface area contributed by atoms with Crippen LogP contribution in [-0.4, -0.2) is 48.4 Å². The highest BCUT2D eigenvalue weighted by Gasteiger charge is 2.28. The molecule has 8 nitrogen and oxygen atoms in total. The predicted molar refractivity (Wildman–Crippen MR) is 68.6 cm³/mol. The summed E-state index contributed by atoms with van der Waals surface area (Å²) in [6, 6.07) is 0. The minimum absolute atomic E-state index is 0.0890. The first-order valence-electron chi connectivity index (χ1n) is 6.54. The second-order valence-electron chi connectivity index (χ2n) is 4.52. The number of carboxylic acid groups (broad SMARTS) is 1. The highest BCUT2D eigenvalue weighted by molar-refractivity contribution is 6.00. The first kappa shape index (κ1) is 15.9. The summed E-state index contributed by atoms with van der Waals surface area (Å²) >= 11 is 0. The van der Waals surface area contributed by atoms with Crippen LogP contribution in [-0.2, 0) is 19.2 Å². The van der Waals surface area contributed by atoms with Crippen molar-refractivity contribution in [2.24, 2.45) is 5.92 Å². The molecule has 1 aliphatic heterocycles. The van der Waals surface area contributed by atoms with E-state index in [1.54, 1.807) is 0 Å². The summed E-state index contributed by atoms with van der Waals surface area (Å²) in [5.41, 5.74) is 0. The second kappa shape index (κ2) is 8.13. The van der Waals surface area contributed by atoms with Gasteiger partial charge in [0.15, 0.2) is 0 Å². The van der Waals surface area contributed by atoms with Gasteiger partial charge in [-0.25, -0.2) is 0 Å². The fraction of sp³-hybridized carbons (Fsp3) is 0.667. The molecule has 1 fully saturated rings. The summed E-state index contributed by atoms with van der Waals surface area (Å²) in [7, 11) is 0. The summed E-state index contributed by atoms with van der Waals surface area (Å²) in [4.78, 5) is 44.6. The SMILES string of the molecule is O=C(O)CCC(=O)NCCNC(=O)[C@H]1CCCNC1=O. The average Bonchev–Trinajstić information content (AvgIpc) is 2.41. The average molecular weight is 285 g/mol. The molecule has 1 heterocycles. The molecule has 20 heavy (non-hydrogen) atoms. The molecule has 0 aromatic heterocycles. The van der Waals surface area contributed by atoms with Crippen molar-refractivity contribution in [3.8, 4) is 0 Å². The Balaban J connectivity index is 2.14. The number of nitrogens with one attached hydrogen (secondary N) is 3. The van der Waals surface area contributed by atoms with Crippen LogP contribution >= 0.6 is 0 Å². The molecule has 0 spiro atoms. The summed E-state index contributed by atoms with van der Waals surface area (Å²) in [5.74, 6) is -2.68. The molecule has 8 heteroatoms. The van der Waals surface area contributed by atoms with Gasteiger partial charge in [-0.3, -0.25) is 19.2 Å². The lowest BCUT2D eigenvalue weighted by atomic mass is 9.98. The highest BCUT2D eigenvalue weighted by atomic mass is 16.4. The lowest BCUT2D eigenvalue weighted by molar-refractivity contribution is -0.139. The Morgan fingerprint density at radius 1 is 1.20 bits per heavy atom. The van der Waals surface area contributed by atoms with Crippen molar-refractivity contribution in [2.45, 2.75) is 25.7 Å². The lowest BCUT2D eigenvalue weighted by Crippen LogP contribution is -2.46. The Kier molecular flexibility index (Phi) is 6.48. The van der Waals surface area contributed by atoms with Crippen molar-refractivity contribution >= 4 is 23.7 Å². The van der Waals surface area contributed by atoms with E-state index in [9.17, 15) is 19.2 Å². The molecule has 0 radical (unpaired) electrons. The second-order valence-corrected chi connectivity index (χ2v) is 4.52. The summed E-state index contributed by atoms with van der Waals surface area (Å²) in [6.45, 7) is 1.02. The maximum atomic E-state index is 11.7. The van der Waals surface area contributed by atoms with E-state index in [1.807, 2.05) is 0 Å². The van der Waals surface area contributed by atoms with Gasteiger partial charge >= 0.3 is 5.97 Å². The van der Waals surface area contributed by atoms with Gasteiger partial charge in [0.05, 0.1) is 6.42 Å². The molecular formula is C12H19N3O5. The van der Waals surface area contributed by atoms with Gasteiger partial charge in [-0.05, 0) is 12.8 Å². The van der Waals surface area contributed by atoms with Crippen molar-refractivity contribution < 1.29 is 24.3 Å². The molecule has 1 rings (SSSR count). The minimum atomic E-state index is -1.03. The van der Waals surface area contributed by atoms with Gasteiger partial charge in [0.2, 0.25) is 17.7 Å². The van der Waals surface area contributed by atoms with Crippen molar-refractivity contribution in [3.05, 3.63) is 0 Å². The standard InChI is InChI=1S/C12H19N3O5/c16-9(3-4-10(17)18)13-6-7-15-12(20)8-2-1-5-14-11(8)19/h8H,1-7H2,(H,13,16)(H,14,19)(H,15,20)(H,17,18)/t8-/m0/s1. The van der Waals surface area contributed by atoms with Gasteiger partial charge in [0.1, 0.15) is 5.92 Å². The van der Waals surface area contributed by atoms with Crippen LogP contribution in [0.4, 0.5) is 0 Å². The largest absolute Gasteiger partial charge is 0.481 e. The minimum Gasteiger partial charge on any atom is -0.481 e. The molecule has 112 valence electrons. The van der Waals surface area contributed by atoms with Gasteiger partial charge < -0.3 is 21.1 Å². The molecule has 1 atom stereocenters. The Labute approximate surface area is 116 Å². The van der Waals surface area contributed by atoms with E-state index >= 15 is 0 Å². The first-order chi connectivity index (χ1) is 9.50. The third-order valence-corrected chi connectivity index (χ3v) is 2.91. The topological polar surface area (TPSA) is 125 Å². The van der Waals surface area contributed by atoms with Crippen LogP contribution in [0, 0.1) is 5.92 Å². The quantitative estimate of drug-likeness (QED) is 0.338. The molecule has 0 aromatic rings.